The highest BCUT2D eigenvalue weighted by molar-refractivity contribution is 6.35. The molecular weight excluding hydrogens is 296 g/mol. The first kappa shape index (κ1) is 18.3. The van der Waals surface area contributed by atoms with E-state index in [0.717, 1.165) is 11.3 Å². The Morgan fingerprint density at radius 3 is 2.39 bits per heavy atom. The molecule has 0 atom stereocenters. The lowest BCUT2D eigenvalue weighted by molar-refractivity contribution is -0.139. The van der Waals surface area contributed by atoms with Crippen LogP contribution in [-0.2, 0) is 14.4 Å². The van der Waals surface area contributed by atoms with Gasteiger partial charge in [0.2, 0.25) is 5.91 Å². The highest BCUT2D eigenvalue weighted by Crippen LogP contribution is 2.13. The Labute approximate surface area is 135 Å². The van der Waals surface area contributed by atoms with Gasteiger partial charge in [-0.1, -0.05) is 18.2 Å². The van der Waals surface area contributed by atoms with Gasteiger partial charge in [-0.2, -0.15) is 5.10 Å². The maximum atomic E-state index is 11.9. The molecule has 0 radical (unpaired) electrons. The molecule has 3 amide bonds. The Balaban J connectivity index is 2.50. The van der Waals surface area contributed by atoms with Crippen molar-refractivity contribution >= 4 is 29.1 Å². The Kier molecular flexibility index (Phi) is 6.92. The molecule has 7 heteroatoms. The quantitative estimate of drug-likeness (QED) is 0.434. The van der Waals surface area contributed by atoms with Crippen LogP contribution in [-0.4, -0.2) is 29.5 Å². The normalized spacial score (nSPS) is 11.1. The standard InChI is InChI=1S/C16H22N4O3/c1-10(2)17-15(22)16(23)20-19-12(4)9-14(21)18-13-8-6-5-7-11(13)3/h5-8,10H,9H2,1-4H3,(H,17,22)(H,18,21)(H,20,23). The average Bonchev–Trinajstić information content (AvgIpc) is 2.46. The Morgan fingerprint density at radius 1 is 1.13 bits per heavy atom. The Bertz CT molecular complexity index is 624. The number of anilines is 1. The van der Waals surface area contributed by atoms with E-state index in [-0.39, 0.29) is 18.4 Å². The van der Waals surface area contributed by atoms with Crippen LogP contribution < -0.4 is 16.1 Å². The van der Waals surface area contributed by atoms with Crippen molar-refractivity contribution in [3.63, 3.8) is 0 Å². The zero-order valence-electron chi connectivity index (χ0n) is 13.8. The summed E-state index contributed by atoms with van der Waals surface area (Å²) in [5, 5.41) is 8.96. The van der Waals surface area contributed by atoms with E-state index >= 15 is 0 Å². The van der Waals surface area contributed by atoms with Gasteiger partial charge in [-0.3, -0.25) is 14.4 Å². The van der Waals surface area contributed by atoms with Crippen LogP contribution in [0.2, 0.25) is 0 Å². The first-order valence-corrected chi connectivity index (χ1v) is 7.29. The monoisotopic (exact) mass is 318 g/mol. The van der Waals surface area contributed by atoms with Crippen LogP contribution in [0.15, 0.2) is 29.4 Å². The van der Waals surface area contributed by atoms with Crippen LogP contribution in [0.5, 0.6) is 0 Å². The zero-order chi connectivity index (χ0) is 17.4. The maximum absolute atomic E-state index is 11.9. The Morgan fingerprint density at radius 2 is 1.78 bits per heavy atom. The summed E-state index contributed by atoms with van der Waals surface area (Å²) in [6.07, 6.45) is 0.0143. The number of carbonyl (C=O) groups is 3. The topological polar surface area (TPSA) is 99.7 Å². The van der Waals surface area contributed by atoms with E-state index in [4.69, 9.17) is 0 Å². The number of para-hydroxylation sites is 1. The summed E-state index contributed by atoms with van der Waals surface area (Å²) >= 11 is 0. The minimum atomic E-state index is -0.864. The van der Waals surface area contributed by atoms with Crippen molar-refractivity contribution in [3.8, 4) is 0 Å². The van der Waals surface area contributed by atoms with Gasteiger partial charge in [0.25, 0.3) is 0 Å². The van der Waals surface area contributed by atoms with Gasteiger partial charge in [0, 0.05) is 17.4 Å². The van der Waals surface area contributed by atoms with Gasteiger partial charge in [0.15, 0.2) is 0 Å². The van der Waals surface area contributed by atoms with E-state index in [1.54, 1.807) is 26.8 Å². The molecular formula is C16H22N4O3. The lowest BCUT2D eigenvalue weighted by Crippen LogP contribution is -2.41. The first-order valence-electron chi connectivity index (χ1n) is 7.29. The van der Waals surface area contributed by atoms with Crippen LogP contribution >= 0.6 is 0 Å². The molecule has 1 aromatic carbocycles. The number of carbonyl (C=O) groups excluding carboxylic acids is 3. The summed E-state index contributed by atoms with van der Waals surface area (Å²) in [7, 11) is 0. The molecule has 1 aromatic rings. The number of nitrogens with one attached hydrogen (secondary N) is 3. The van der Waals surface area contributed by atoms with E-state index in [1.807, 2.05) is 25.1 Å². The van der Waals surface area contributed by atoms with E-state index in [1.165, 1.54) is 0 Å². The van der Waals surface area contributed by atoms with Gasteiger partial charge in [-0.05, 0) is 39.3 Å². The van der Waals surface area contributed by atoms with Crippen molar-refractivity contribution in [1.29, 1.82) is 0 Å². The SMILES string of the molecule is CC(CC(=O)Nc1ccccc1C)=NNC(=O)C(=O)NC(C)C. The molecule has 1 rings (SSSR count). The fraction of sp³-hybridized carbons (Fsp3) is 0.375. The largest absolute Gasteiger partial charge is 0.346 e. The smallest absolute Gasteiger partial charge is 0.329 e. The molecule has 0 bridgehead atoms. The lowest BCUT2D eigenvalue weighted by atomic mass is 10.2. The summed E-state index contributed by atoms with van der Waals surface area (Å²) in [4.78, 5) is 34.8. The number of rotatable bonds is 5. The maximum Gasteiger partial charge on any atom is 0.329 e. The minimum Gasteiger partial charge on any atom is -0.346 e. The molecule has 0 saturated heterocycles. The molecule has 0 aliphatic heterocycles. The average molecular weight is 318 g/mol. The molecule has 0 aliphatic carbocycles. The van der Waals surface area contributed by atoms with Crippen molar-refractivity contribution < 1.29 is 14.4 Å². The first-order chi connectivity index (χ1) is 10.8. The third kappa shape index (κ3) is 6.73. The number of benzene rings is 1. The summed E-state index contributed by atoms with van der Waals surface area (Å²) in [6.45, 7) is 6.98. The number of amides is 3. The fourth-order valence-corrected chi connectivity index (χ4v) is 1.70. The molecule has 0 heterocycles. The Hall–Kier alpha value is -2.70. The second-order valence-corrected chi connectivity index (χ2v) is 5.46. The molecule has 7 nitrogen and oxygen atoms in total. The number of hydrogen-bond acceptors (Lipinski definition) is 4. The second kappa shape index (κ2) is 8.67. The predicted octanol–water partition coefficient (Wildman–Crippen LogP) is 1.34. The van der Waals surface area contributed by atoms with Crippen LogP contribution in [0.1, 0.15) is 32.8 Å². The van der Waals surface area contributed by atoms with Crippen LogP contribution in [0.4, 0.5) is 5.69 Å². The van der Waals surface area contributed by atoms with E-state index < -0.39 is 11.8 Å². The van der Waals surface area contributed by atoms with Crippen LogP contribution in [0.3, 0.4) is 0 Å². The molecule has 0 aromatic heterocycles. The predicted molar refractivity (Wildman–Crippen MR) is 89.0 cm³/mol. The van der Waals surface area contributed by atoms with Gasteiger partial charge >= 0.3 is 11.8 Å². The van der Waals surface area contributed by atoms with E-state index in [9.17, 15) is 14.4 Å². The van der Waals surface area contributed by atoms with Gasteiger partial charge in [-0.25, -0.2) is 5.43 Å². The minimum absolute atomic E-state index is 0.0143. The number of aryl methyl sites for hydroxylation is 1. The van der Waals surface area contributed by atoms with Crippen molar-refractivity contribution in [2.24, 2.45) is 5.10 Å². The lowest BCUT2D eigenvalue weighted by Gasteiger charge is -2.08. The highest BCUT2D eigenvalue weighted by Gasteiger charge is 2.14. The van der Waals surface area contributed by atoms with Crippen molar-refractivity contribution in [2.45, 2.75) is 40.2 Å². The zero-order valence-corrected chi connectivity index (χ0v) is 13.8. The third-order valence-corrected chi connectivity index (χ3v) is 2.81. The molecule has 3 N–H and O–H groups in total. The molecule has 124 valence electrons. The summed E-state index contributed by atoms with van der Waals surface area (Å²) in [6, 6.07) is 7.27. The van der Waals surface area contributed by atoms with Crippen LogP contribution in [0.25, 0.3) is 0 Å². The van der Waals surface area contributed by atoms with E-state index in [0.29, 0.717) is 5.71 Å². The van der Waals surface area contributed by atoms with Crippen LogP contribution in [0, 0.1) is 6.92 Å². The van der Waals surface area contributed by atoms with Crippen molar-refractivity contribution in [1.82, 2.24) is 10.7 Å². The highest BCUT2D eigenvalue weighted by atomic mass is 16.2. The molecule has 0 saturated carbocycles. The van der Waals surface area contributed by atoms with Crippen molar-refractivity contribution in [3.05, 3.63) is 29.8 Å². The molecule has 0 fully saturated rings. The summed E-state index contributed by atoms with van der Waals surface area (Å²) < 4.78 is 0. The van der Waals surface area contributed by atoms with Gasteiger partial charge in [-0.15, -0.1) is 0 Å². The molecule has 23 heavy (non-hydrogen) atoms. The number of hydrogen-bond donors (Lipinski definition) is 3. The summed E-state index contributed by atoms with van der Waals surface area (Å²) in [5.74, 6) is -1.88. The van der Waals surface area contributed by atoms with Gasteiger partial charge < -0.3 is 10.6 Å². The fourth-order valence-electron chi connectivity index (χ4n) is 1.70. The molecule has 0 spiro atoms. The molecule has 0 unspecified atom stereocenters. The third-order valence-electron chi connectivity index (χ3n) is 2.81. The second-order valence-electron chi connectivity index (χ2n) is 5.46. The van der Waals surface area contributed by atoms with Gasteiger partial charge in [0.1, 0.15) is 0 Å². The number of nitrogens with zero attached hydrogens (tertiary/aromatic N) is 1. The van der Waals surface area contributed by atoms with E-state index in [2.05, 4.69) is 21.2 Å². The molecule has 0 aliphatic rings. The summed E-state index contributed by atoms with van der Waals surface area (Å²) in [5.41, 5.74) is 4.20. The number of hydrazone groups is 1. The van der Waals surface area contributed by atoms with Crippen molar-refractivity contribution in [2.75, 3.05) is 5.32 Å². The van der Waals surface area contributed by atoms with Gasteiger partial charge in [0.05, 0.1) is 6.42 Å².